The van der Waals surface area contributed by atoms with Crippen LogP contribution in [0.3, 0.4) is 0 Å². The minimum Gasteiger partial charge on any atom is -0.343 e. The fraction of sp³-hybridized carbons (Fsp3) is 0.267. The van der Waals surface area contributed by atoms with Gasteiger partial charge in [0.25, 0.3) is 0 Å². The van der Waals surface area contributed by atoms with Crippen LogP contribution in [0.25, 0.3) is 0 Å². The van der Waals surface area contributed by atoms with Gasteiger partial charge in [-0.1, -0.05) is 35.1 Å². The Bertz CT molecular complexity index is 751. The maximum absolute atomic E-state index is 5.90. The number of nitrogens with zero attached hydrogens (tertiary/aromatic N) is 4. The van der Waals surface area contributed by atoms with E-state index in [0.29, 0.717) is 0 Å². The molecule has 0 saturated heterocycles. The first kappa shape index (κ1) is 15.4. The summed E-state index contributed by atoms with van der Waals surface area (Å²) in [6, 6.07) is 7.84. The zero-order valence-corrected chi connectivity index (χ0v) is 14.7. The SMILES string of the molecule is Cc1csc(CN(C)c2nnc(Cc3ccc(Cl)cc3)s2)n1. The van der Waals surface area contributed by atoms with Gasteiger partial charge in [0.2, 0.25) is 5.13 Å². The zero-order chi connectivity index (χ0) is 15.5. The summed E-state index contributed by atoms with van der Waals surface area (Å²) in [6.45, 7) is 2.77. The molecule has 0 bridgehead atoms. The first-order valence-corrected chi connectivity index (χ1v) is 8.86. The summed E-state index contributed by atoms with van der Waals surface area (Å²) in [6.07, 6.45) is 0.777. The predicted molar refractivity (Wildman–Crippen MR) is 93.1 cm³/mol. The first-order chi connectivity index (χ1) is 10.6. The van der Waals surface area contributed by atoms with Crippen molar-refractivity contribution in [2.45, 2.75) is 19.9 Å². The number of thiazole rings is 1. The Kier molecular flexibility index (Phi) is 4.71. The minimum absolute atomic E-state index is 0.750. The quantitative estimate of drug-likeness (QED) is 0.692. The second-order valence-electron chi connectivity index (χ2n) is 5.02. The summed E-state index contributed by atoms with van der Waals surface area (Å²) in [5.74, 6) is 0. The summed E-state index contributed by atoms with van der Waals surface area (Å²) in [5.41, 5.74) is 2.25. The number of halogens is 1. The van der Waals surface area contributed by atoms with Crippen molar-refractivity contribution in [3.63, 3.8) is 0 Å². The summed E-state index contributed by atoms with van der Waals surface area (Å²) < 4.78 is 0. The van der Waals surface area contributed by atoms with E-state index in [0.717, 1.165) is 38.8 Å². The molecule has 0 aliphatic heterocycles. The molecule has 0 N–H and O–H groups in total. The predicted octanol–water partition coefficient (Wildman–Crippen LogP) is 4.18. The topological polar surface area (TPSA) is 41.9 Å². The molecule has 4 nitrogen and oxygen atoms in total. The Morgan fingerprint density at radius 2 is 1.91 bits per heavy atom. The van der Waals surface area contributed by atoms with Crippen molar-refractivity contribution in [1.82, 2.24) is 15.2 Å². The van der Waals surface area contributed by atoms with E-state index in [4.69, 9.17) is 11.6 Å². The third-order valence-electron chi connectivity index (χ3n) is 3.09. The molecule has 0 fully saturated rings. The van der Waals surface area contributed by atoms with Gasteiger partial charge in [-0.05, 0) is 24.6 Å². The summed E-state index contributed by atoms with van der Waals surface area (Å²) in [5, 5.41) is 14.4. The molecule has 0 amide bonds. The van der Waals surface area contributed by atoms with Gasteiger partial charge in [0, 0.05) is 29.6 Å². The molecule has 2 heterocycles. The van der Waals surface area contributed by atoms with Gasteiger partial charge in [0.05, 0.1) is 6.54 Å². The number of hydrogen-bond donors (Lipinski definition) is 0. The molecule has 3 aromatic rings. The molecule has 0 aliphatic carbocycles. The second-order valence-corrected chi connectivity index (χ2v) is 7.44. The van der Waals surface area contributed by atoms with Crippen molar-refractivity contribution in [3.8, 4) is 0 Å². The minimum atomic E-state index is 0.750. The van der Waals surface area contributed by atoms with Crippen LogP contribution >= 0.6 is 34.3 Å². The number of rotatable bonds is 5. The molecule has 114 valence electrons. The van der Waals surface area contributed by atoms with Gasteiger partial charge in [-0.15, -0.1) is 21.5 Å². The van der Waals surface area contributed by atoms with Crippen molar-refractivity contribution in [2.75, 3.05) is 11.9 Å². The molecule has 0 unspecified atom stereocenters. The van der Waals surface area contributed by atoms with Crippen molar-refractivity contribution in [2.24, 2.45) is 0 Å². The van der Waals surface area contributed by atoms with Crippen LogP contribution in [0.4, 0.5) is 5.13 Å². The second kappa shape index (κ2) is 6.73. The first-order valence-electron chi connectivity index (χ1n) is 6.79. The maximum Gasteiger partial charge on any atom is 0.208 e. The van der Waals surface area contributed by atoms with E-state index in [2.05, 4.69) is 25.5 Å². The van der Waals surface area contributed by atoms with Crippen LogP contribution in [0.5, 0.6) is 0 Å². The van der Waals surface area contributed by atoms with Crippen LogP contribution in [-0.2, 0) is 13.0 Å². The van der Waals surface area contributed by atoms with Crippen molar-refractivity contribution in [1.29, 1.82) is 0 Å². The Labute approximate surface area is 142 Å². The average molecular weight is 351 g/mol. The van der Waals surface area contributed by atoms with Gasteiger partial charge in [-0.2, -0.15) is 0 Å². The zero-order valence-electron chi connectivity index (χ0n) is 12.3. The molecule has 22 heavy (non-hydrogen) atoms. The highest BCUT2D eigenvalue weighted by Gasteiger charge is 2.11. The van der Waals surface area contributed by atoms with Crippen LogP contribution < -0.4 is 4.90 Å². The highest BCUT2D eigenvalue weighted by molar-refractivity contribution is 7.15. The number of anilines is 1. The van der Waals surface area contributed by atoms with Crippen LogP contribution in [0, 0.1) is 6.92 Å². The smallest absolute Gasteiger partial charge is 0.208 e. The lowest BCUT2D eigenvalue weighted by Crippen LogP contribution is -2.15. The van der Waals surface area contributed by atoms with Crippen LogP contribution in [0.1, 0.15) is 21.3 Å². The number of benzene rings is 1. The summed E-state index contributed by atoms with van der Waals surface area (Å²) in [4.78, 5) is 6.56. The molecule has 3 rings (SSSR count). The lowest BCUT2D eigenvalue weighted by atomic mass is 10.2. The van der Waals surface area contributed by atoms with Gasteiger partial charge in [0.1, 0.15) is 10.0 Å². The van der Waals surface area contributed by atoms with E-state index in [1.807, 2.05) is 38.2 Å². The van der Waals surface area contributed by atoms with E-state index >= 15 is 0 Å². The highest BCUT2D eigenvalue weighted by atomic mass is 35.5. The van der Waals surface area contributed by atoms with Crippen LogP contribution in [0.15, 0.2) is 29.6 Å². The third kappa shape index (κ3) is 3.82. The Morgan fingerprint density at radius 1 is 1.14 bits per heavy atom. The van der Waals surface area contributed by atoms with Gasteiger partial charge in [0.15, 0.2) is 0 Å². The van der Waals surface area contributed by atoms with E-state index < -0.39 is 0 Å². The standard InChI is InChI=1S/C15H15ClN4S2/c1-10-9-21-14(17-10)8-20(2)15-19-18-13(22-15)7-11-3-5-12(16)6-4-11/h3-6,9H,7-8H2,1-2H3. The lowest BCUT2D eigenvalue weighted by molar-refractivity contribution is 0.875. The fourth-order valence-corrected chi connectivity index (χ4v) is 3.78. The average Bonchev–Trinajstić information content (AvgIpc) is 3.11. The molecular formula is C15H15ClN4S2. The molecule has 0 atom stereocenters. The molecule has 0 aliphatic rings. The molecule has 1 aromatic carbocycles. The van der Waals surface area contributed by atoms with Gasteiger partial charge >= 0.3 is 0 Å². The van der Waals surface area contributed by atoms with E-state index in [1.54, 1.807) is 22.7 Å². The molecule has 0 spiro atoms. The van der Waals surface area contributed by atoms with Crippen molar-refractivity contribution in [3.05, 3.63) is 55.9 Å². The third-order valence-corrected chi connectivity index (χ3v) is 5.33. The van der Waals surface area contributed by atoms with E-state index in [-0.39, 0.29) is 0 Å². The van der Waals surface area contributed by atoms with Gasteiger partial charge in [-0.25, -0.2) is 4.98 Å². The Morgan fingerprint density at radius 3 is 2.59 bits per heavy atom. The summed E-state index contributed by atoms with van der Waals surface area (Å²) in [7, 11) is 2.02. The number of hydrogen-bond acceptors (Lipinski definition) is 6. The van der Waals surface area contributed by atoms with Gasteiger partial charge in [-0.3, -0.25) is 0 Å². The van der Waals surface area contributed by atoms with Crippen molar-refractivity contribution >= 4 is 39.4 Å². The van der Waals surface area contributed by atoms with E-state index in [9.17, 15) is 0 Å². The molecule has 0 saturated carbocycles. The fourth-order valence-electron chi connectivity index (χ4n) is 1.99. The molecule has 7 heteroatoms. The molecule has 2 aromatic heterocycles. The Balaban J connectivity index is 1.66. The lowest BCUT2D eigenvalue weighted by Gasteiger charge is -2.12. The maximum atomic E-state index is 5.90. The molecular weight excluding hydrogens is 336 g/mol. The van der Waals surface area contributed by atoms with Crippen LogP contribution in [0.2, 0.25) is 5.02 Å². The number of aromatic nitrogens is 3. The van der Waals surface area contributed by atoms with Crippen molar-refractivity contribution < 1.29 is 0 Å². The van der Waals surface area contributed by atoms with E-state index in [1.165, 1.54) is 5.56 Å². The van der Waals surface area contributed by atoms with Crippen LogP contribution in [-0.4, -0.2) is 22.2 Å². The largest absolute Gasteiger partial charge is 0.343 e. The normalized spacial score (nSPS) is 10.9. The monoisotopic (exact) mass is 350 g/mol. The molecule has 0 radical (unpaired) electrons. The Hall–Kier alpha value is -1.50. The summed E-state index contributed by atoms with van der Waals surface area (Å²) >= 11 is 9.19. The number of aryl methyl sites for hydroxylation is 1. The highest BCUT2D eigenvalue weighted by Crippen LogP contribution is 2.24. The van der Waals surface area contributed by atoms with Gasteiger partial charge < -0.3 is 4.90 Å².